The van der Waals surface area contributed by atoms with Crippen molar-refractivity contribution in [2.75, 3.05) is 0 Å². The summed E-state index contributed by atoms with van der Waals surface area (Å²) < 4.78 is 166. The Morgan fingerprint density at radius 2 is 0.891 bits per heavy atom. The molecule has 10 rings (SSSR count). The van der Waals surface area contributed by atoms with E-state index in [0.29, 0.717) is 16.7 Å². The maximum atomic E-state index is 9.76. The summed E-state index contributed by atoms with van der Waals surface area (Å²) in [6.45, 7) is 0. The van der Waals surface area contributed by atoms with Gasteiger partial charge in [-0.3, -0.25) is 0 Å². The van der Waals surface area contributed by atoms with Gasteiger partial charge in [-0.2, -0.15) is 0 Å². The number of benzene rings is 8. The first-order chi connectivity index (χ1) is 29.9. The van der Waals surface area contributed by atoms with Gasteiger partial charge < -0.3 is 8.83 Å². The maximum absolute atomic E-state index is 9.76. The third kappa shape index (κ3) is 3.59. The largest absolute Gasteiger partial charge is 0.456 e. The molecular weight excluding hydrogens is 560 g/mol. The molecule has 214 valence electrons. The zero-order valence-electron chi connectivity index (χ0n) is 40.5. The highest BCUT2D eigenvalue weighted by molar-refractivity contribution is 6.27. The molecule has 10 aromatic rings. The molecule has 0 saturated heterocycles. The second-order valence-electron chi connectivity index (χ2n) is 10.7. The molecule has 0 spiro atoms. The average Bonchev–Trinajstić information content (AvgIpc) is 3.89. The number of hydrogen-bond acceptors (Lipinski definition) is 2. The van der Waals surface area contributed by atoms with Crippen molar-refractivity contribution in [2.24, 2.45) is 0 Å². The molecule has 0 aliphatic rings. The lowest BCUT2D eigenvalue weighted by atomic mass is 9.84. The molecule has 0 bridgehead atoms. The predicted octanol–water partition coefficient (Wildman–Crippen LogP) is 12.8. The minimum absolute atomic E-state index is 0.0387. The first-order valence-corrected chi connectivity index (χ1v) is 14.3. The Hall–Kier alpha value is -6.12. The van der Waals surface area contributed by atoms with Crippen molar-refractivity contribution in [1.82, 2.24) is 0 Å². The van der Waals surface area contributed by atoms with E-state index in [1.807, 2.05) is 18.2 Å². The van der Waals surface area contributed by atoms with Crippen LogP contribution in [0, 0.1) is 0 Å². The van der Waals surface area contributed by atoms with E-state index in [-0.39, 0.29) is 71.0 Å². The summed E-state index contributed by atoms with van der Waals surface area (Å²) in [6.07, 6.45) is 0. The molecule has 0 N–H and O–H groups in total. The lowest BCUT2D eigenvalue weighted by Gasteiger charge is -2.19. The third-order valence-electron chi connectivity index (χ3n) is 8.24. The quantitative estimate of drug-likeness (QED) is 0.188. The molecule has 8 aromatic carbocycles. The maximum Gasteiger partial charge on any atom is 0.136 e. The minimum Gasteiger partial charge on any atom is -0.456 e. The lowest BCUT2D eigenvalue weighted by Crippen LogP contribution is -1.92. The van der Waals surface area contributed by atoms with Crippen LogP contribution in [0.5, 0.6) is 0 Å². The summed E-state index contributed by atoms with van der Waals surface area (Å²) in [4.78, 5) is 0. The standard InChI is InChI=1S/C44H26O2/c1-2-12-27(13-3-1)29-14-4-5-15-30(29)42-33-18-8-6-16-31(33)41(32-17-7-9-19-34(32)42)28-22-23-36-40(26-28)46-39-25-24-38-43(44(36)39)35-20-10-11-21-37(35)45-38/h1-26H/i6D,7D,8D,9D,10D,11D,16D,17D,18D,19D,20D,21D,22D,23D,24D,25D,26D. The van der Waals surface area contributed by atoms with Gasteiger partial charge in [-0.25, -0.2) is 0 Å². The summed E-state index contributed by atoms with van der Waals surface area (Å²) in [5.41, 5.74) is -0.687. The van der Waals surface area contributed by atoms with Gasteiger partial charge in [0.1, 0.15) is 22.3 Å². The van der Waals surface area contributed by atoms with Crippen LogP contribution >= 0.6 is 0 Å². The van der Waals surface area contributed by atoms with Crippen molar-refractivity contribution in [2.45, 2.75) is 0 Å². The van der Waals surface area contributed by atoms with Crippen LogP contribution in [-0.4, -0.2) is 0 Å². The first kappa shape index (κ1) is 13.9. The van der Waals surface area contributed by atoms with Gasteiger partial charge in [-0.05, 0) is 85.1 Å². The summed E-state index contributed by atoms with van der Waals surface area (Å²) >= 11 is 0. The fourth-order valence-electron chi connectivity index (χ4n) is 6.34. The van der Waals surface area contributed by atoms with Crippen LogP contribution in [0.4, 0.5) is 0 Å². The van der Waals surface area contributed by atoms with E-state index in [2.05, 4.69) is 0 Å². The molecule has 0 radical (unpaired) electrons. The van der Waals surface area contributed by atoms with Crippen LogP contribution in [0.15, 0.2) is 166 Å². The molecule has 2 nitrogen and oxygen atoms in total. The van der Waals surface area contributed by atoms with Crippen LogP contribution in [0.2, 0.25) is 0 Å². The van der Waals surface area contributed by atoms with Crippen molar-refractivity contribution < 1.29 is 32.1 Å². The second kappa shape index (κ2) is 9.69. The number of para-hydroxylation sites is 1. The van der Waals surface area contributed by atoms with Gasteiger partial charge in [0.15, 0.2) is 0 Å². The fraction of sp³-hybridized carbons (Fsp3) is 0. The Kier molecular flexibility index (Phi) is 2.93. The molecule has 0 atom stereocenters. The smallest absolute Gasteiger partial charge is 0.136 e. The lowest BCUT2D eigenvalue weighted by molar-refractivity contribution is 0.663. The monoisotopic (exact) mass is 603 g/mol. The molecule has 0 fully saturated rings. The average molecular weight is 604 g/mol. The molecular formula is C44H26O2. The topological polar surface area (TPSA) is 26.3 Å². The zero-order chi connectivity index (χ0) is 45.0. The van der Waals surface area contributed by atoms with Crippen molar-refractivity contribution in [1.29, 1.82) is 0 Å². The van der Waals surface area contributed by atoms with Gasteiger partial charge >= 0.3 is 0 Å². The number of furan rings is 2. The minimum atomic E-state index is -0.737. The Bertz CT molecular complexity index is 3680. The number of fused-ring (bicyclic) bond motifs is 9. The highest BCUT2D eigenvalue weighted by Gasteiger charge is 2.21. The molecule has 2 heterocycles. The highest BCUT2D eigenvalue weighted by atomic mass is 16.3. The molecule has 2 heteroatoms. The molecule has 0 unspecified atom stereocenters. The molecule has 0 saturated carbocycles. The molecule has 0 aliphatic carbocycles. The predicted molar refractivity (Wildman–Crippen MR) is 192 cm³/mol. The Morgan fingerprint density at radius 3 is 1.57 bits per heavy atom. The van der Waals surface area contributed by atoms with Crippen LogP contribution in [0.25, 0.3) is 98.8 Å². The fourth-order valence-corrected chi connectivity index (χ4v) is 6.34. The van der Waals surface area contributed by atoms with Crippen LogP contribution in [0.1, 0.15) is 23.3 Å². The van der Waals surface area contributed by atoms with Crippen molar-refractivity contribution in [3.8, 4) is 33.4 Å². The van der Waals surface area contributed by atoms with E-state index < -0.39 is 114 Å². The zero-order valence-corrected chi connectivity index (χ0v) is 23.5. The third-order valence-corrected chi connectivity index (χ3v) is 8.24. The van der Waals surface area contributed by atoms with Crippen molar-refractivity contribution in [3.63, 3.8) is 0 Å². The van der Waals surface area contributed by atoms with Crippen molar-refractivity contribution in [3.05, 3.63) is 157 Å². The van der Waals surface area contributed by atoms with Gasteiger partial charge in [0, 0.05) is 21.5 Å². The Labute approximate surface area is 288 Å². The van der Waals surface area contributed by atoms with Gasteiger partial charge in [0.2, 0.25) is 0 Å². The Balaban J connectivity index is 1.47. The van der Waals surface area contributed by atoms with E-state index in [1.165, 1.54) is 0 Å². The van der Waals surface area contributed by atoms with Crippen molar-refractivity contribution >= 4 is 65.4 Å². The normalized spacial score (nSPS) is 17.1. The van der Waals surface area contributed by atoms with Crippen LogP contribution < -0.4 is 0 Å². The molecule has 0 amide bonds. The number of rotatable bonds is 3. The van der Waals surface area contributed by atoms with Gasteiger partial charge in [-0.1, -0.05) is 127 Å². The van der Waals surface area contributed by atoms with E-state index in [1.54, 1.807) is 36.4 Å². The summed E-state index contributed by atoms with van der Waals surface area (Å²) in [5, 5.41) is -1.68. The van der Waals surface area contributed by atoms with E-state index >= 15 is 0 Å². The SMILES string of the molecule is [2H]c1c([2H])c([2H])c2c(oc3c([2H])c([2H])c4oc5c([2H])c(-c6c7c([2H])c([2H])c([2H])c([2H])c7c(-c7ccccc7-c7ccccc7)c7c([2H])c([2H])c([2H])c([2H])c67)c([2H])c([2H])c5c4c32)c1[2H]. The van der Waals surface area contributed by atoms with Crippen LogP contribution in [0.3, 0.4) is 0 Å². The number of hydrogen-bond donors (Lipinski definition) is 0. The molecule has 46 heavy (non-hydrogen) atoms. The Morgan fingerprint density at radius 1 is 0.370 bits per heavy atom. The molecule has 0 aliphatic heterocycles. The molecule has 2 aromatic heterocycles. The van der Waals surface area contributed by atoms with Crippen LogP contribution in [-0.2, 0) is 0 Å². The van der Waals surface area contributed by atoms with Gasteiger partial charge in [0.25, 0.3) is 0 Å². The van der Waals surface area contributed by atoms with Gasteiger partial charge in [0.05, 0.1) is 23.3 Å². The van der Waals surface area contributed by atoms with E-state index in [4.69, 9.17) is 22.5 Å². The first-order valence-electron chi connectivity index (χ1n) is 22.8. The van der Waals surface area contributed by atoms with E-state index in [0.717, 1.165) is 0 Å². The summed E-state index contributed by atoms with van der Waals surface area (Å²) in [7, 11) is 0. The van der Waals surface area contributed by atoms with E-state index in [9.17, 15) is 9.60 Å². The summed E-state index contributed by atoms with van der Waals surface area (Å²) in [6, 6.07) is 5.15. The second-order valence-corrected chi connectivity index (χ2v) is 10.7. The summed E-state index contributed by atoms with van der Waals surface area (Å²) in [5.74, 6) is 0. The van der Waals surface area contributed by atoms with Gasteiger partial charge in [-0.15, -0.1) is 0 Å². The highest BCUT2D eigenvalue weighted by Crippen LogP contribution is 2.47.